The van der Waals surface area contributed by atoms with Crippen LogP contribution < -0.4 is 5.32 Å². The van der Waals surface area contributed by atoms with Crippen molar-refractivity contribution >= 4 is 28.5 Å². The maximum absolute atomic E-state index is 11.8. The van der Waals surface area contributed by atoms with E-state index in [2.05, 4.69) is 15.5 Å². The van der Waals surface area contributed by atoms with Crippen LogP contribution in [0.25, 0.3) is 0 Å². The molecule has 1 aromatic heterocycles. The summed E-state index contributed by atoms with van der Waals surface area (Å²) in [5.74, 6) is -0.931. The topological polar surface area (TPSA) is 95.4 Å². The molecule has 0 bridgehead atoms. The molecule has 0 radical (unpaired) electrons. The Hall–Kier alpha value is -1.70. The van der Waals surface area contributed by atoms with Gasteiger partial charge in [0.2, 0.25) is 5.13 Å². The van der Waals surface area contributed by atoms with E-state index in [0.29, 0.717) is 11.7 Å². The minimum Gasteiger partial charge on any atom is -0.481 e. The summed E-state index contributed by atoms with van der Waals surface area (Å²) >= 11 is 1.21. The zero-order chi connectivity index (χ0) is 12.8. The fraction of sp³-hybridized carbons (Fsp3) is 0.556. The Kier molecular flexibility index (Phi) is 4.83. The first-order chi connectivity index (χ1) is 8.04. The van der Waals surface area contributed by atoms with Crippen LogP contribution in [0.3, 0.4) is 0 Å². The molecule has 0 spiro atoms. The predicted octanol–water partition coefficient (Wildman–Crippen LogP) is 1.26. The number of nitrogens with one attached hydrogen (secondary N) is 1. The minimum absolute atomic E-state index is 0.0859. The summed E-state index contributed by atoms with van der Waals surface area (Å²) in [6.45, 7) is 3.91. The molecule has 2 N–H and O–H groups in total. The zero-order valence-corrected chi connectivity index (χ0v) is 10.4. The highest BCUT2D eigenvalue weighted by molar-refractivity contribution is 7.13. The lowest BCUT2D eigenvalue weighted by Gasteiger charge is -2.26. The largest absolute Gasteiger partial charge is 0.481 e. The average Bonchev–Trinajstić information content (AvgIpc) is 2.70. The number of aromatic nitrogens is 2. The molecule has 1 rings (SSSR count). The van der Waals surface area contributed by atoms with E-state index >= 15 is 0 Å². The number of hydrogen-bond donors (Lipinski definition) is 2. The number of rotatable bonds is 5. The molecule has 7 nitrogen and oxygen atoms in total. The van der Waals surface area contributed by atoms with Crippen molar-refractivity contribution in [2.75, 3.05) is 11.9 Å². The van der Waals surface area contributed by atoms with Crippen LogP contribution in [0.4, 0.5) is 9.93 Å². The highest BCUT2D eigenvalue weighted by Crippen LogP contribution is 2.11. The molecule has 1 atom stereocenters. The summed E-state index contributed by atoms with van der Waals surface area (Å²) in [4.78, 5) is 23.9. The number of carbonyl (C=O) groups excluding carboxylic acids is 1. The average molecular weight is 258 g/mol. The van der Waals surface area contributed by atoms with E-state index in [1.807, 2.05) is 0 Å². The van der Waals surface area contributed by atoms with Gasteiger partial charge in [0.05, 0.1) is 6.42 Å². The van der Waals surface area contributed by atoms with E-state index in [1.54, 1.807) is 13.8 Å². The van der Waals surface area contributed by atoms with Crippen LogP contribution in [0.2, 0.25) is 0 Å². The Morgan fingerprint density at radius 2 is 2.35 bits per heavy atom. The van der Waals surface area contributed by atoms with Crippen LogP contribution in [-0.4, -0.2) is 44.8 Å². The number of amides is 2. The van der Waals surface area contributed by atoms with Crippen molar-refractivity contribution in [2.45, 2.75) is 26.3 Å². The Labute approximate surface area is 102 Å². The monoisotopic (exact) mass is 258 g/mol. The molecule has 94 valence electrons. The first-order valence-corrected chi connectivity index (χ1v) is 5.98. The summed E-state index contributed by atoms with van der Waals surface area (Å²) < 4.78 is 0. The maximum Gasteiger partial charge on any atom is 0.323 e. The summed E-state index contributed by atoms with van der Waals surface area (Å²) in [7, 11) is 0. The van der Waals surface area contributed by atoms with Gasteiger partial charge in [0, 0.05) is 12.6 Å². The van der Waals surface area contributed by atoms with E-state index in [0.717, 1.165) is 0 Å². The van der Waals surface area contributed by atoms with Gasteiger partial charge in [0.25, 0.3) is 0 Å². The Morgan fingerprint density at radius 3 is 2.82 bits per heavy atom. The molecule has 0 aromatic carbocycles. The fourth-order valence-corrected chi connectivity index (χ4v) is 1.84. The Bertz CT molecular complexity index is 382. The maximum atomic E-state index is 11.8. The highest BCUT2D eigenvalue weighted by atomic mass is 32.1. The first kappa shape index (κ1) is 13.4. The molecule has 0 fully saturated rings. The third-order valence-electron chi connectivity index (χ3n) is 2.18. The number of anilines is 1. The number of aliphatic carboxylic acids is 1. The Balaban J connectivity index is 2.60. The van der Waals surface area contributed by atoms with E-state index in [4.69, 9.17) is 5.11 Å². The van der Waals surface area contributed by atoms with E-state index < -0.39 is 5.97 Å². The number of urea groups is 1. The molecule has 1 unspecified atom stereocenters. The lowest BCUT2D eigenvalue weighted by molar-refractivity contribution is -0.137. The van der Waals surface area contributed by atoms with E-state index in [9.17, 15) is 9.59 Å². The van der Waals surface area contributed by atoms with Crippen LogP contribution in [-0.2, 0) is 4.79 Å². The SMILES string of the molecule is CCN(C(=O)Nc1nncs1)C(C)CC(=O)O. The molecule has 0 saturated heterocycles. The van der Waals surface area contributed by atoms with Gasteiger partial charge in [0.1, 0.15) is 5.51 Å². The number of carboxylic acid groups (broad SMARTS) is 1. The standard InChI is InChI=1S/C9H14N4O3S/c1-3-13(6(2)4-7(14)15)9(16)11-8-12-10-5-17-8/h5-6H,3-4H2,1-2H3,(H,14,15)(H,11,12,16). The molecule has 0 aliphatic carbocycles. The normalized spacial score (nSPS) is 11.9. The third-order valence-corrected chi connectivity index (χ3v) is 2.78. The molecule has 1 aromatic rings. The van der Waals surface area contributed by atoms with Crippen molar-refractivity contribution in [3.05, 3.63) is 5.51 Å². The van der Waals surface area contributed by atoms with Gasteiger partial charge in [0.15, 0.2) is 0 Å². The van der Waals surface area contributed by atoms with Gasteiger partial charge in [-0.2, -0.15) is 0 Å². The fourth-order valence-electron chi connectivity index (χ4n) is 1.41. The molecular formula is C9H14N4O3S. The van der Waals surface area contributed by atoms with Gasteiger partial charge in [-0.05, 0) is 13.8 Å². The predicted molar refractivity (Wildman–Crippen MR) is 63.0 cm³/mol. The van der Waals surface area contributed by atoms with Crippen molar-refractivity contribution in [1.29, 1.82) is 0 Å². The number of hydrogen-bond acceptors (Lipinski definition) is 5. The summed E-state index contributed by atoms with van der Waals surface area (Å²) in [5.41, 5.74) is 1.51. The van der Waals surface area contributed by atoms with Crippen LogP contribution in [0.15, 0.2) is 5.51 Å². The molecular weight excluding hydrogens is 244 g/mol. The van der Waals surface area contributed by atoms with E-state index in [-0.39, 0.29) is 18.5 Å². The molecule has 2 amide bonds. The van der Waals surface area contributed by atoms with Crippen molar-refractivity contribution < 1.29 is 14.7 Å². The smallest absolute Gasteiger partial charge is 0.323 e. The van der Waals surface area contributed by atoms with E-state index in [1.165, 1.54) is 21.7 Å². The zero-order valence-electron chi connectivity index (χ0n) is 9.58. The van der Waals surface area contributed by atoms with Crippen LogP contribution >= 0.6 is 11.3 Å². The molecule has 17 heavy (non-hydrogen) atoms. The van der Waals surface area contributed by atoms with Crippen LogP contribution in [0, 0.1) is 0 Å². The van der Waals surface area contributed by atoms with Crippen LogP contribution in [0.1, 0.15) is 20.3 Å². The van der Waals surface area contributed by atoms with Gasteiger partial charge in [-0.15, -0.1) is 10.2 Å². The summed E-state index contributed by atoms with van der Waals surface area (Å²) in [5, 5.41) is 18.9. The molecule has 1 heterocycles. The third kappa shape index (κ3) is 3.99. The number of nitrogens with zero attached hydrogens (tertiary/aromatic N) is 3. The van der Waals surface area contributed by atoms with Crippen molar-refractivity contribution in [3.8, 4) is 0 Å². The van der Waals surface area contributed by atoms with Crippen LogP contribution in [0.5, 0.6) is 0 Å². The van der Waals surface area contributed by atoms with Crippen molar-refractivity contribution in [1.82, 2.24) is 15.1 Å². The first-order valence-electron chi connectivity index (χ1n) is 5.10. The quantitative estimate of drug-likeness (QED) is 0.828. The van der Waals surface area contributed by atoms with Gasteiger partial charge in [-0.3, -0.25) is 10.1 Å². The van der Waals surface area contributed by atoms with Gasteiger partial charge in [-0.25, -0.2) is 4.79 Å². The second-order valence-corrected chi connectivity index (χ2v) is 4.24. The summed E-state index contributed by atoms with van der Waals surface area (Å²) in [6, 6.07) is -0.733. The lowest BCUT2D eigenvalue weighted by atomic mass is 10.2. The number of carbonyl (C=O) groups is 2. The lowest BCUT2D eigenvalue weighted by Crippen LogP contribution is -2.42. The highest BCUT2D eigenvalue weighted by Gasteiger charge is 2.21. The number of carboxylic acids is 1. The molecule has 8 heteroatoms. The van der Waals surface area contributed by atoms with Gasteiger partial charge < -0.3 is 10.0 Å². The molecule has 0 saturated carbocycles. The molecule has 0 aliphatic heterocycles. The van der Waals surface area contributed by atoms with Crippen molar-refractivity contribution in [2.24, 2.45) is 0 Å². The van der Waals surface area contributed by atoms with Crippen molar-refractivity contribution in [3.63, 3.8) is 0 Å². The molecule has 0 aliphatic rings. The summed E-state index contributed by atoms with van der Waals surface area (Å²) in [6.07, 6.45) is -0.0859. The second kappa shape index (κ2) is 6.14. The second-order valence-electron chi connectivity index (χ2n) is 3.41. The minimum atomic E-state index is -0.931. The van der Waals surface area contributed by atoms with Gasteiger partial charge in [-0.1, -0.05) is 11.3 Å². The Morgan fingerprint density at radius 1 is 1.65 bits per heavy atom. The van der Waals surface area contributed by atoms with Gasteiger partial charge >= 0.3 is 12.0 Å².